The van der Waals surface area contributed by atoms with Crippen molar-refractivity contribution in [3.8, 4) is 22.8 Å². The third-order valence-corrected chi connectivity index (χ3v) is 5.09. The van der Waals surface area contributed by atoms with Crippen LogP contribution in [-0.4, -0.2) is 54.9 Å². The van der Waals surface area contributed by atoms with Crippen molar-refractivity contribution in [2.75, 3.05) is 39.7 Å². The van der Waals surface area contributed by atoms with E-state index >= 15 is 0 Å². The highest BCUT2D eigenvalue weighted by molar-refractivity contribution is 5.92. The Bertz CT molecular complexity index is 1030. The highest BCUT2D eigenvalue weighted by Crippen LogP contribution is 2.25. The monoisotopic (exact) mass is 440 g/mol. The normalized spacial score (nSPS) is 10.9. The summed E-state index contributed by atoms with van der Waals surface area (Å²) in [4.78, 5) is 14.4. The van der Waals surface area contributed by atoms with Crippen molar-refractivity contribution in [3.63, 3.8) is 0 Å². The molecule has 1 heterocycles. The molecule has 7 nitrogen and oxygen atoms in total. The van der Waals surface area contributed by atoms with Crippen molar-refractivity contribution in [1.82, 2.24) is 14.7 Å². The summed E-state index contributed by atoms with van der Waals surface area (Å²) in [5.41, 5.74) is 3.46. The fourth-order valence-electron chi connectivity index (χ4n) is 3.47. The Hall–Kier alpha value is -3.39. The van der Waals surface area contributed by atoms with Crippen LogP contribution in [0.3, 0.4) is 0 Å². The number of nitrogens with one attached hydrogen (secondary N) is 1. The Kier molecular flexibility index (Phi) is 7.83. The van der Waals surface area contributed by atoms with Gasteiger partial charge in [-0.1, -0.05) is 0 Å². The first kappa shape index (κ1) is 23.3. The number of aryl methyl sites for hydroxylation is 2. The zero-order valence-corrected chi connectivity index (χ0v) is 18.9. The number of hydrogen-bond donors (Lipinski definition) is 1. The van der Waals surface area contributed by atoms with Crippen molar-refractivity contribution < 1.29 is 18.7 Å². The number of carbonyl (C=O) groups excluding carboxylic acids is 1. The van der Waals surface area contributed by atoms with E-state index in [-0.39, 0.29) is 18.3 Å². The molecule has 0 fully saturated rings. The van der Waals surface area contributed by atoms with Gasteiger partial charge in [-0.15, -0.1) is 0 Å². The van der Waals surface area contributed by atoms with Crippen LogP contribution in [0.1, 0.15) is 12.1 Å². The molecule has 32 heavy (non-hydrogen) atoms. The average molecular weight is 441 g/mol. The van der Waals surface area contributed by atoms with Crippen molar-refractivity contribution in [2.45, 2.75) is 12.8 Å². The summed E-state index contributed by atoms with van der Waals surface area (Å²) in [6, 6.07) is 13.7. The van der Waals surface area contributed by atoms with E-state index in [9.17, 15) is 9.18 Å². The van der Waals surface area contributed by atoms with E-state index in [4.69, 9.17) is 9.47 Å². The maximum Gasteiger partial charge on any atom is 0.238 e. The quantitative estimate of drug-likeness (QED) is 0.520. The first-order valence-corrected chi connectivity index (χ1v) is 10.4. The number of amides is 1. The lowest BCUT2D eigenvalue weighted by Crippen LogP contribution is -2.31. The van der Waals surface area contributed by atoms with Gasteiger partial charge in [0, 0.05) is 30.9 Å². The number of methoxy groups -OCH3 is 2. The van der Waals surface area contributed by atoms with Crippen LogP contribution in [0.25, 0.3) is 11.3 Å². The standard InChI is InChI=1S/C24H29FN4O3/c1-28(16-24(30)26-20-12-21(31-3)15-22(13-20)32-4)11-5-6-19-14-23(29(2)27-19)17-7-9-18(25)10-8-17/h7-10,12-15H,5-6,11,16H2,1-4H3,(H,26,30). The van der Waals surface area contributed by atoms with E-state index in [0.717, 1.165) is 36.3 Å². The lowest BCUT2D eigenvalue weighted by Gasteiger charge is -2.16. The fraction of sp³-hybridized carbons (Fsp3) is 0.333. The number of nitrogens with zero attached hydrogens (tertiary/aromatic N) is 3. The zero-order valence-electron chi connectivity index (χ0n) is 18.9. The second kappa shape index (κ2) is 10.8. The molecular formula is C24H29FN4O3. The summed E-state index contributed by atoms with van der Waals surface area (Å²) < 4.78 is 25.4. The van der Waals surface area contributed by atoms with E-state index in [1.807, 2.05) is 29.7 Å². The molecule has 1 aromatic heterocycles. The van der Waals surface area contributed by atoms with Gasteiger partial charge in [-0.2, -0.15) is 5.10 Å². The summed E-state index contributed by atoms with van der Waals surface area (Å²) in [7, 11) is 6.93. The van der Waals surface area contributed by atoms with Crippen molar-refractivity contribution in [2.24, 2.45) is 7.05 Å². The molecule has 0 bridgehead atoms. The van der Waals surface area contributed by atoms with E-state index in [1.165, 1.54) is 12.1 Å². The molecule has 0 aliphatic heterocycles. The maximum absolute atomic E-state index is 13.2. The molecule has 8 heteroatoms. The van der Waals surface area contributed by atoms with Gasteiger partial charge in [0.1, 0.15) is 17.3 Å². The van der Waals surface area contributed by atoms with Crippen molar-refractivity contribution in [1.29, 1.82) is 0 Å². The van der Waals surface area contributed by atoms with Crippen LogP contribution < -0.4 is 14.8 Å². The number of aromatic nitrogens is 2. The van der Waals surface area contributed by atoms with Gasteiger partial charge < -0.3 is 14.8 Å². The van der Waals surface area contributed by atoms with E-state index in [2.05, 4.69) is 10.4 Å². The highest BCUT2D eigenvalue weighted by Gasteiger charge is 2.11. The SMILES string of the molecule is COc1cc(NC(=O)CN(C)CCCc2cc(-c3ccc(F)cc3)n(C)n2)cc(OC)c1. The topological polar surface area (TPSA) is 68.6 Å². The van der Waals surface area contributed by atoms with Crippen LogP contribution in [0.5, 0.6) is 11.5 Å². The molecule has 0 radical (unpaired) electrons. The first-order valence-electron chi connectivity index (χ1n) is 10.4. The highest BCUT2D eigenvalue weighted by atomic mass is 19.1. The molecule has 0 aliphatic carbocycles. The molecular weight excluding hydrogens is 411 g/mol. The first-order chi connectivity index (χ1) is 15.4. The Morgan fingerprint density at radius 3 is 2.38 bits per heavy atom. The van der Waals surface area contributed by atoms with Crippen LogP contribution >= 0.6 is 0 Å². The number of anilines is 1. The predicted molar refractivity (Wildman–Crippen MR) is 123 cm³/mol. The van der Waals surface area contributed by atoms with Crippen molar-refractivity contribution in [3.05, 3.63) is 60.0 Å². The largest absolute Gasteiger partial charge is 0.497 e. The molecule has 0 saturated heterocycles. The number of ether oxygens (including phenoxy) is 2. The maximum atomic E-state index is 13.2. The smallest absolute Gasteiger partial charge is 0.238 e. The summed E-state index contributed by atoms with van der Waals surface area (Å²) in [5.74, 6) is 0.861. The van der Waals surface area contributed by atoms with Crippen LogP contribution in [0.2, 0.25) is 0 Å². The average Bonchev–Trinajstić information content (AvgIpc) is 3.14. The second-order valence-electron chi connectivity index (χ2n) is 7.64. The van der Waals surface area contributed by atoms with Crippen LogP contribution in [0.4, 0.5) is 10.1 Å². The molecule has 3 rings (SSSR count). The number of hydrogen-bond acceptors (Lipinski definition) is 5. The van der Waals surface area contributed by atoms with Gasteiger partial charge in [-0.05, 0) is 62.3 Å². The second-order valence-corrected chi connectivity index (χ2v) is 7.64. The van der Waals surface area contributed by atoms with Crippen LogP contribution in [0, 0.1) is 5.82 Å². The minimum absolute atomic E-state index is 0.112. The van der Waals surface area contributed by atoms with Crippen molar-refractivity contribution >= 4 is 11.6 Å². The molecule has 0 unspecified atom stereocenters. The number of carbonyl (C=O) groups is 1. The van der Waals surface area contributed by atoms with Gasteiger partial charge in [0.2, 0.25) is 5.91 Å². The zero-order chi connectivity index (χ0) is 23.1. The summed E-state index contributed by atoms with van der Waals surface area (Å²) in [6.45, 7) is 1.01. The molecule has 170 valence electrons. The molecule has 0 saturated carbocycles. The molecule has 1 N–H and O–H groups in total. The molecule has 2 aromatic carbocycles. The van der Waals surface area contributed by atoms with Gasteiger partial charge in [0.05, 0.1) is 32.2 Å². The predicted octanol–water partition coefficient (Wildman–Crippen LogP) is 3.75. The number of likely N-dealkylation sites (N-methyl/N-ethyl adjacent to an activating group) is 1. The van der Waals surface area contributed by atoms with E-state index in [0.29, 0.717) is 17.2 Å². The molecule has 0 spiro atoms. The lowest BCUT2D eigenvalue weighted by molar-refractivity contribution is -0.117. The van der Waals surface area contributed by atoms with E-state index in [1.54, 1.807) is 44.6 Å². The van der Waals surface area contributed by atoms with Gasteiger partial charge in [-0.3, -0.25) is 14.4 Å². The summed E-state index contributed by atoms with van der Waals surface area (Å²) in [5, 5.41) is 7.44. The van der Waals surface area contributed by atoms with E-state index < -0.39 is 0 Å². The number of rotatable bonds is 10. The van der Waals surface area contributed by atoms with Gasteiger partial charge in [-0.25, -0.2) is 4.39 Å². The number of benzene rings is 2. The summed E-state index contributed by atoms with van der Waals surface area (Å²) in [6.07, 6.45) is 1.64. The van der Waals surface area contributed by atoms with Gasteiger partial charge >= 0.3 is 0 Å². The Labute approximate surface area is 187 Å². The Morgan fingerprint density at radius 1 is 1.09 bits per heavy atom. The Morgan fingerprint density at radius 2 is 1.75 bits per heavy atom. The third-order valence-electron chi connectivity index (χ3n) is 5.09. The van der Waals surface area contributed by atoms with Gasteiger partial charge in [0.25, 0.3) is 0 Å². The van der Waals surface area contributed by atoms with Gasteiger partial charge in [0.15, 0.2) is 0 Å². The summed E-state index contributed by atoms with van der Waals surface area (Å²) >= 11 is 0. The fourth-order valence-corrected chi connectivity index (χ4v) is 3.47. The molecule has 3 aromatic rings. The molecule has 0 atom stereocenters. The minimum Gasteiger partial charge on any atom is -0.497 e. The lowest BCUT2D eigenvalue weighted by atomic mass is 10.1. The molecule has 0 aliphatic rings. The van der Waals surface area contributed by atoms with Crippen LogP contribution in [-0.2, 0) is 18.3 Å². The third kappa shape index (κ3) is 6.31. The van der Waals surface area contributed by atoms with Crippen LogP contribution in [0.15, 0.2) is 48.5 Å². The number of halogens is 1. The Balaban J connectivity index is 1.48. The molecule has 1 amide bonds. The minimum atomic E-state index is -0.256.